The third-order valence-electron chi connectivity index (χ3n) is 3.77. The van der Waals surface area contributed by atoms with Gasteiger partial charge in [-0.15, -0.1) is 11.3 Å². The second-order valence-electron chi connectivity index (χ2n) is 5.68. The van der Waals surface area contributed by atoms with E-state index in [2.05, 4.69) is 4.98 Å². The summed E-state index contributed by atoms with van der Waals surface area (Å²) < 4.78 is 58.8. The van der Waals surface area contributed by atoms with Crippen molar-refractivity contribution in [2.45, 2.75) is 23.7 Å². The van der Waals surface area contributed by atoms with Gasteiger partial charge >= 0.3 is 0 Å². The zero-order valence-electron chi connectivity index (χ0n) is 14.0. The van der Waals surface area contributed by atoms with Crippen LogP contribution in [0.5, 0.6) is 5.75 Å². The molecule has 0 saturated heterocycles. The fourth-order valence-electron chi connectivity index (χ4n) is 2.46. The van der Waals surface area contributed by atoms with Crippen LogP contribution < -0.4 is 4.74 Å². The van der Waals surface area contributed by atoms with Gasteiger partial charge in [0.25, 0.3) is 0 Å². The van der Waals surface area contributed by atoms with Gasteiger partial charge in [0.05, 0.1) is 5.02 Å². The summed E-state index contributed by atoms with van der Waals surface area (Å²) in [5.74, 6) is -1.96. The molecule has 0 N–H and O–H groups in total. The zero-order chi connectivity index (χ0) is 19.6. The SMILES string of the molecule is C[C@H](Oc1cc(F)c(S(=O)(=O)Cc2nccs2)cc1Cl)c1ccccc1F. The fourth-order valence-corrected chi connectivity index (χ4v) is 5.08. The number of benzene rings is 2. The van der Waals surface area contributed by atoms with Crippen molar-refractivity contribution in [2.24, 2.45) is 0 Å². The van der Waals surface area contributed by atoms with Gasteiger partial charge in [-0.2, -0.15) is 0 Å². The second kappa shape index (κ2) is 7.92. The molecule has 0 fully saturated rings. The topological polar surface area (TPSA) is 56.3 Å². The van der Waals surface area contributed by atoms with Gasteiger partial charge in [0.2, 0.25) is 0 Å². The molecule has 0 amide bonds. The first kappa shape index (κ1) is 19.7. The smallest absolute Gasteiger partial charge is 0.187 e. The van der Waals surface area contributed by atoms with Crippen LogP contribution in [0.2, 0.25) is 5.02 Å². The van der Waals surface area contributed by atoms with E-state index in [9.17, 15) is 17.2 Å². The van der Waals surface area contributed by atoms with Crippen LogP contribution in [-0.4, -0.2) is 13.4 Å². The fraction of sp³-hybridized carbons (Fsp3) is 0.167. The molecule has 3 rings (SSSR count). The number of sulfone groups is 1. The van der Waals surface area contributed by atoms with Crippen molar-refractivity contribution in [1.29, 1.82) is 0 Å². The lowest BCUT2D eigenvalue weighted by atomic mass is 10.1. The van der Waals surface area contributed by atoms with Crippen LogP contribution >= 0.6 is 22.9 Å². The van der Waals surface area contributed by atoms with Gasteiger partial charge in [0.1, 0.15) is 39.1 Å². The predicted molar refractivity (Wildman–Crippen MR) is 99.9 cm³/mol. The normalized spacial score (nSPS) is 12.7. The predicted octanol–water partition coefficient (Wildman–Crippen LogP) is 5.19. The maximum atomic E-state index is 14.5. The molecular weight excluding hydrogens is 416 g/mol. The van der Waals surface area contributed by atoms with Crippen LogP contribution in [0.25, 0.3) is 0 Å². The number of halogens is 3. The molecule has 1 aromatic heterocycles. The molecule has 0 unspecified atom stereocenters. The molecule has 2 aromatic carbocycles. The quantitative estimate of drug-likeness (QED) is 0.541. The van der Waals surface area contributed by atoms with E-state index in [1.807, 2.05) is 0 Å². The Kier molecular flexibility index (Phi) is 5.78. The number of hydrogen-bond acceptors (Lipinski definition) is 5. The Morgan fingerprint density at radius 1 is 1.22 bits per heavy atom. The summed E-state index contributed by atoms with van der Waals surface area (Å²) in [5.41, 5.74) is 0.273. The van der Waals surface area contributed by atoms with Crippen molar-refractivity contribution in [3.8, 4) is 5.75 Å². The van der Waals surface area contributed by atoms with Gasteiger partial charge in [-0.1, -0.05) is 29.8 Å². The highest BCUT2D eigenvalue weighted by Crippen LogP contribution is 2.34. The summed E-state index contributed by atoms with van der Waals surface area (Å²) in [6, 6.07) is 7.91. The van der Waals surface area contributed by atoms with Crippen LogP contribution in [0.15, 0.2) is 52.9 Å². The molecule has 0 saturated carbocycles. The Morgan fingerprint density at radius 3 is 2.63 bits per heavy atom. The Bertz CT molecular complexity index is 1060. The number of nitrogens with zero attached hydrogens (tertiary/aromatic N) is 1. The highest BCUT2D eigenvalue weighted by molar-refractivity contribution is 7.90. The minimum Gasteiger partial charge on any atom is -0.484 e. The third kappa shape index (κ3) is 4.45. The van der Waals surface area contributed by atoms with E-state index < -0.39 is 38.2 Å². The van der Waals surface area contributed by atoms with Gasteiger partial charge in [-0.3, -0.25) is 0 Å². The van der Waals surface area contributed by atoms with Crippen molar-refractivity contribution >= 4 is 32.8 Å². The lowest BCUT2D eigenvalue weighted by Gasteiger charge is -2.17. The highest BCUT2D eigenvalue weighted by atomic mass is 35.5. The Hall–Kier alpha value is -2.03. The van der Waals surface area contributed by atoms with Crippen LogP contribution in [0.4, 0.5) is 8.78 Å². The maximum absolute atomic E-state index is 14.5. The molecule has 1 atom stereocenters. The molecule has 1 heterocycles. The molecular formula is C18H14ClF2NO3S2. The summed E-state index contributed by atoms with van der Waals surface area (Å²) in [4.78, 5) is 3.37. The Morgan fingerprint density at radius 2 is 1.96 bits per heavy atom. The van der Waals surface area contributed by atoms with Crippen molar-refractivity contribution < 1.29 is 21.9 Å². The van der Waals surface area contributed by atoms with Crippen molar-refractivity contribution in [3.05, 3.63) is 75.2 Å². The molecule has 0 bridgehead atoms. The molecule has 0 aliphatic rings. The largest absolute Gasteiger partial charge is 0.484 e. The number of thiazole rings is 1. The molecule has 0 aliphatic carbocycles. The lowest BCUT2D eigenvalue weighted by molar-refractivity contribution is 0.220. The summed E-state index contributed by atoms with van der Waals surface area (Å²) in [5, 5.41) is 1.89. The molecule has 0 aliphatic heterocycles. The number of aromatic nitrogens is 1. The first-order valence-corrected chi connectivity index (χ1v) is 10.7. The van der Waals surface area contributed by atoms with Gasteiger partial charge < -0.3 is 4.74 Å². The minimum atomic E-state index is -3.97. The highest BCUT2D eigenvalue weighted by Gasteiger charge is 2.24. The summed E-state index contributed by atoms with van der Waals surface area (Å²) in [6.07, 6.45) is 0.723. The van der Waals surface area contributed by atoms with E-state index in [-0.39, 0.29) is 16.3 Å². The molecule has 0 spiro atoms. The van der Waals surface area contributed by atoms with E-state index in [0.717, 1.165) is 23.5 Å². The maximum Gasteiger partial charge on any atom is 0.187 e. The molecule has 3 aromatic rings. The van der Waals surface area contributed by atoms with Crippen molar-refractivity contribution in [2.75, 3.05) is 0 Å². The van der Waals surface area contributed by atoms with E-state index in [1.54, 1.807) is 24.4 Å². The average Bonchev–Trinajstić information content (AvgIpc) is 3.10. The van der Waals surface area contributed by atoms with Gasteiger partial charge in [-0.05, 0) is 19.1 Å². The Labute approximate surface area is 164 Å². The molecule has 142 valence electrons. The van der Waals surface area contributed by atoms with Gasteiger partial charge in [0.15, 0.2) is 9.84 Å². The average molecular weight is 430 g/mol. The standard InChI is InChI=1S/C18H14ClF2NO3S2/c1-11(12-4-2-3-5-14(12)20)25-16-9-15(21)17(8-13(16)19)27(23,24)10-18-22-6-7-26-18/h2-9,11H,10H2,1H3/t11-/m0/s1. The number of ether oxygens (including phenoxy) is 1. The van der Waals surface area contributed by atoms with Gasteiger partial charge in [-0.25, -0.2) is 22.2 Å². The number of hydrogen-bond donors (Lipinski definition) is 0. The first-order valence-electron chi connectivity index (χ1n) is 7.79. The summed E-state index contributed by atoms with van der Waals surface area (Å²) in [7, 11) is -3.97. The second-order valence-corrected chi connectivity index (χ2v) is 9.02. The monoisotopic (exact) mass is 429 g/mol. The zero-order valence-corrected chi connectivity index (χ0v) is 16.4. The number of rotatable bonds is 6. The van der Waals surface area contributed by atoms with Crippen LogP contribution in [0.3, 0.4) is 0 Å². The van der Waals surface area contributed by atoms with Crippen molar-refractivity contribution in [3.63, 3.8) is 0 Å². The first-order chi connectivity index (χ1) is 12.8. The molecule has 9 heteroatoms. The van der Waals surface area contributed by atoms with Crippen LogP contribution in [0, 0.1) is 11.6 Å². The lowest BCUT2D eigenvalue weighted by Crippen LogP contribution is -2.09. The molecule has 0 radical (unpaired) electrons. The molecule has 27 heavy (non-hydrogen) atoms. The Balaban J connectivity index is 1.88. The van der Waals surface area contributed by atoms with E-state index in [4.69, 9.17) is 16.3 Å². The van der Waals surface area contributed by atoms with Gasteiger partial charge in [0, 0.05) is 23.2 Å². The van der Waals surface area contributed by atoms with Crippen LogP contribution in [0.1, 0.15) is 23.6 Å². The van der Waals surface area contributed by atoms with E-state index >= 15 is 0 Å². The van der Waals surface area contributed by atoms with Crippen molar-refractivity contribution in [1.82, 2.24) is 4.98 Å². The van der Waals surface area contributed by atoms with Crippen LogP contribution in [-0.2, 0) is 15.6 Å². The minimum absolute atomic E-state index is 0.0712. The molecule has 4 nitrogen and oxygen atoms in total. The summed E-state index contributed by atoms with van der Waals surface area (Å²) >= 11 is 7.26. The van der Waals surface area contributed by atoms with E-state index in [0.29, 0.717) is 5.01 Å². The van der Waals surface area contributed by atoms with E-state index in [1.165, 1.54) is 18.3 Å². The summed E-state index contributed by atoms with van der Waals surface area (Å²) in [6.45, 7) is 1.58. The third-order valence-corrected chi connectivity index (χ3v) is 6.66.